The zero-order valence-corrected chi connectivity index (χ0v) is 11.4. The summed E-state index contributed by atoms with van der Waals surface area (Å²) in [7, 11) is 0. The fourth-order valence-electron chi connectivity index (χ4n) is 1.57. The van der Waals surface area contributed by atoms with Gasteiger partial charge < -0.3 is 10.4 Å². The number of nitro benzene ring substituents is 1. The van der Waals surface area contributed by atoms with Gasteiger partial charge in [-0.3, -0.25) is 19.7 Å². The topological polar surface area (TPSA) is 110 Å². The lowest BCUT2D eigenvalue weighted by Crippen LogP contribution is -2.33. The van der Waals surface area contributed by atoms with Crippen molar-refractivity contribution >= 4 is 29.2 Å². The minimum atomic E-state index is -1.03. The molecule has 1 atom stereocenters. The van der Waals surface area contributed by atoms with Crippen LogP contribution in [0.2, 0.25) is 5.02 Å². The molecule has 0 spiro atoms. The minimum absolute atomic E-state index is 0.103. The van der Waals surface area contributed by atoms with E-state index in [0.29, 0.717) is 6.42 Å². The maximum Gasteiger partial charge on any atom is 0.308 e. The summed E-state index contributed by atoms with van der Waals surface area (Å²) in [6, 6.07) is 3.62. The number of nitrogens with zero attached hydrogens (tertiary/aromatic N) is 1. The van der Waals surface area contributed by atoms with Crippen LogP contribution in [0.3, 0.4) is 0 Å². The van der Waals surface area contributed by atoms with E-state index < -0.39 is 22.7 Å². The second kappa shape index (κ2) is 6.85. The minimum Gasteiger partial charge on any atom is -0.481 e. The number of carboxylic acids is 1. The second-order valence-electron chi connectivity index (χ2n) is 4.07. The van der Waals surface area contributed by atoms with Gasteiger partial charge in [-0.2, -0.15) is 0 Å². The van der Waals surface area contributed by atoms with E-state index in [4.69, 9.17) is 16.7 Å². The van der Waals surface area contributed by atoms with Crippen LogP contribution in [0.4, 0.5) is 5.69 Å². The molecule has 20 heavy (non-hydrogen) atoms. The summed E-state index contributed by atoms with van der Waals surface area (Å²) >= 11 is 5.71. The van der Waals surface area contributed by atoms with Crippen LogP contribution in [0.15, 0.2) is 18.2 Å². The lowest BCUT2D eigenvalue weighted by atomic mass is 10.1. The van der Waals surface area contributed by atoms with Crippen LogP contribution >= 0.6 is 11.6 Å². The first-order chi connectivity index (χ1) is 9.36. The van der Waals surface area contributed by atoms with Crippen LogP contribution in [-0.2, 0) is 4.79 Å². The summed E-state index contributed by atoms with van der Waals surface area (Å²) in [6.07, 6.45) is 0.341. The fourth-order valence-corrected chi connectivity index (χ4v) is 1.74. The molecule has 0 fully saturated rings. The predicted octanol–water partition coefficient (Wildman–Crippen LogP) is 2.09. The average molecular weight is 301 g/mol. The Labute approximate surface area is 119 Å². The summed E-state index contributed by atoms with van der Waals surface area (Å²) in [6.45, 7) is 1.57. The summed E-state index contributed by atoms with van der Waals surface area (Å²) in [5.74, 6) is -2.50. The number of aliphatic carboxylic acids is 1. The van der Waals surface area contributed by atoms with Crippen LogP contribution in [0.1, 0.15) is 23.7 Å². The highest BCUT2D eigenvalue weighted by molar-refractivity contribution is 6.31. The van der Waals surface area contributed by atoms with Gasteiger partial charge in [-0.25, -0.2) is 0 Å². The van der Waals surface area contributed by atoms with Crippen molar-refractivity contribution in [3.05, 3.63) is 38.9 Å². The normalized spacial score (nSPS) is 11.7. The van der Waals surface area contributed by atoms with Gasteiger partial charge in [0.05, 0.1) is 10.8 Å². The molecule has 0 radical (unpaired) electrons. The number of amides is 1. The Bertz CT molecular complexity index is 547. The molecule has 0 bridgehead atoms. The number of nitrogens with one attached hydrogen (secondary N) is 1. The maximum absolute atomic E-state index is 11.9. The molecule has 1 aromatic rings. The van der Waals surface area contributed by atoms with E-state index in [9.17, 15) is 19.7 Å². The number of halogens is 1. The summed E-state index contributed by atoms with van der Waals surface area (Å²) in [5.41, 5.74) is -0.571. The van der Waals surface area contributed by atoms with Gasteiger partial charge in [-0.15, -0.1) is 0 Å². The van der Waals surface area contributed by atoms with E-state index in [0.717, 1.165) is 6.07 Å². The molecule has 2 N–H and O–H groups in total. The fraction of sp³-hybridized carbons (Fsp3) is 0.333. The Kier molecular flexibility index (Phi) is 5.45. The van der Waals surface area contributed by atoms with E-state index in [2.05, 4.69) is 5.32 Å². The van der Waals surface area contributed by atoms with Gasteiger partial charge in [0.2, 0.25) is 0 Å². The highest BCUT2D eigenvalue weighted by Crippen LogP contribution is 2.22. The van der Waals surface area contributed by atoms with Crippen LogP contribution in [-0.4, -0.2) is 28.5 Å². The van der Waals surface area contributed by atoms with Gasteiger partial charge in [0.25, 0.3) is 11.6 Å². The Balaban J connectivity index is 2.89. The maximum atomic E-state index is 11.9. The predicted molar refractivity (Wildman–Crippen MR) is 71.9 cm³/mol. The number of carbonyl (C=O) groups excluding carboxylic acids is 1. The van der Waals surface area contributed by atoms with Crippen molar-refractivity contribution in [1.82, 2.24) is 5.32 Å². The van der Waals surface area contributed by atoms with Crippen molar-refractivity contribution in [1.29, 1.82) is 0 Å². The SMILES string of the molecule is CCC(CNC(=O)c1cc(Cl)ccc1[N+](=O)[O-])C(=O)O. The molecule has 1 rings (SSSR count). The Morgan fingerprint density at radius 1 is 1.50 bits per heavy atom. The molecular weight excluding hydrogens is 288 g/mol. The second-order valence-corrected chi connectivity index (χ2v) is 4.51. The third-order valence-electron chi connectivity index (χ3n) is 2.75. The molecule has 7 nitrogen and oxygen atoms in total. The van der Waals surface area contributed by atoms with Crippen molar-refractivity contribution in [3.8, 4) is 0 Å². The number of hydrogen-bond donors (Lipinski definition) is 2. The zero-order chi connectivity index (χ0) is 15.3. The van der Waals surface area contributed by atoms with Crippen molar-refractivity contribution < 1.29 is 19.6 Å². The monoisotopic (exact) mass is 300 g/mol. The van der Waals surface area contributed by atoms with E-state index in [1.165, 1.54) is 12.1 Å². The van der Waals surface area contributed by atoms with Crippen LogP contribution in [0, 0.1) is 16.0 Å². The Hall–Kier alpha value is -2.15. The van der Waals surface area contributed by atoms with Gasteiger partial charge >= 0.3 is 5.97 Å². The Morgan fingerprint density at radius 2 is 2.15 bits per heavy atom. The lowest BCUT2D eigenvalue weighted by Gasteiger charge is -2.11. The number of benzene rings is 1. The molecule has 0 aliphatic rings. The summed E-state index contributed by atoms with van der Waals surface area (Å²) in [4.78, 5) is 32.9. The number of rotatable bonds is 6. The van der Waals surface area contributed by atoms with Crippen molar-refractivity contribution in [2.75, 3.05) is 6.54 Å². The number of carboxylic acid groups (broad SMARTS) is 1. The molecule has 0 aliphatic heterocycles. The molecular formula is C12H13ClN2O5. The molecule has 1 aromatic carbocycles. The van der Waals surface area contributed by atoms with Crippen molar-refractivity contribution in [3.63, 3.8) is 0 Å². The van der Waals surface area contributed by atoms with Gasteiger partial charge in [-0.05, 0) is 18.6 Å². The van der Waals surface area contributed by atoms with Crippen LogP contribution in [0.5, 0.6) is 0 Å². The largest absolute Gasteiger partial charge is 0.481 e. The van der Waals surface area contributed by atoms with Crippen LogP contribution in [0.25, 0.3) is 0 Å². The molecule has 0 aromatic heterocycles. The third kappa shape index (κ3) is 3.92. The number of carbonyl (C=O) groups is 2. The number of hydrogen-bond acceptors (Lipinski definition) is 4. The van der Waals surface area contributed by atoms with Crippen LogP contribution < -0.4 is 5.32 Å². The lowest BCUT2D eigenvalue weighted by molar-refractivity contribution is -0.385. The molecule has 108 valence electrons. The molecule has 0 saturated heterocycles. The van der Waals surface area contributed by atoms with E-state index in [1.807, 2.05) is 0 Å². The molecule has 0 saturated carbocycles. The smallest absolute Gasteiger partial charge is 0.308 e. The van der Waals surface area contributed by atoms with Crippen molar-refractivity contribution in [2.45, 2.75) is 13.3 Å². The van der Waals surface area contributed by atoms with Gasteiger partial charge in [-0.1, -0.05) is 18.5 Å². The van der Waals surface area contributed by atoms with E-state index >= 15 is 0 Å². The highest BCUT2D eigenvalue weighted by atomic mass is 35.5. The molecule has 1 amide bonds. The average Bonchev–Trinajstić information content (AvgIpc) is 2.38. The zero-order valence-electron chi connectivity index (χ0n) is 10.6. The number of nitro groups is 1. The van der Waals surface area contributed by atoms with E-state index in [1.54, 1.807) is 6.92 Å². The van der Waals surface area contributed by atoms with Gasteiger partial charge in [0, 0.05) is 17.6 Å². The van der Waals surface area contributed by atoms with E-state index in [-0.39, 0.29) is 22.8 Å². The summed E-state index contributed by atoms with van der Waals surface area (Å²) in [5, 5.41) is 22.2. The first-order valence-electron chi connectivity index (χ1n) is 5.81. The van der Waals surface area contributed by atoms with Crippen molar-refractivity contribution in [2.24, 2.45) is 5.92 Å². The molecule has 8 heteroatoms. The molecule has 1 unspecified atom stereocenters. The first kappa shape index (κ1) is 15.9. The highest BCUT2D eigenvalue weighted by Gasteiger charge is 2.22. The quantitative estimate of drug-likeness (QED) is 0.617. The first-order valence-corrected chi connectivity index (χ1v) is 6.19. The standard InChI is InChI=1S/C12H13ClN2O5/c1-2-7(12(17)18)6-14-11(16)9-5-8(13)3-4-10(9)15(19)20/h3-5,7H,2,6H2,1H3,(H,14,16)(H,17,18). The molecule has 0 aliphatic carbocycles. The van der Waals surface area contributed by atoms with Gasteiger partial charge in [0.1, 0.15) is 5.56 Å². The molecule has 0 heterocycles. The third-order valence-corrected chi connectivity index (χ3v) is 2.99. The summed E-state index contributed by atoms with van der Waals surface area (Å²) < 4.78 is 0. The van der Waals surface area contributed by atoms with Gasteiger partial charge in [0.15, 0.2) is 0 Å². The Morgan fingerprint density at radius 3 is 2.65 bits per heavy atom.